The third kappa shape index (κ3) is 2.31. The first-order valence-corrected chi connectivity index (χ1v) is 4.97. The summed E-state index contributed by atoms with van der Waals surface area (Å²) in [4.78, 5) is 0. The first kappa shape index (κ1) is 8.75. The fourth-order valence-electron chi connectivity index (χ4n) is 1.45. The highest BCUT2D eigenvalue weighted by Gasteiger charge is 2.21. The van der Waals surface area contributed by atoms with Gasteiger partial charge in [-0.15, -0.1) is 0 Å². The minimum atomic E-state index is 0.439. The molecule has 0 aliphatic heterocycles. The average Bonchev–Trinajstić information content (AvgIpc) is 2.84. The van der Waals surface area contributed by atoms with E-state index in [0.29, 0.717) is 6.04 Å². The van der Waals surface area contributed by atoms with Crippen LogP contribution < -0.4 is 5.32 Å². The van der Waals surface area contributed by atoms with Gasteiger partial charge in [0.25, 0.3) is 0 Å². The van der Waals surface area contributed by atoms with Crippen LogP contribution in [-0.4, -0.2) is 16.3 Å². The summed E-state index contributed by atoms with van der Waals surface area (Å²) in [7, 11) is 1.96. The van der Waals surface area contributed by atoms with Gasteiger partial charge < -0.3 is 5.32 Å². The molecular weight excluding hydrogens is 162 g/mol. The van der Waals surface area contributed by atoms with E-state index in [4.69, 9.17) is 0 Å². The third-order valence-electron chi connectivity index (χ3n) is 2.63. The first-order valence-electron chi connectivity index (χ1n) is 4.97. The summed E-state index contributed by atoms with van der Waals surface area (Å²) < 4.78 is 1.85. The molecule has 2 rings (SSSR count). The number of aromatic nitrogens is 2. The van der Waals surface area contributed by atoms with Crippen LogP contribution in [0.5, 0.6) is 0 Å². The molecule has 3 heteroatoms. The lowest BCUT2D eigenvalue weighted by Crippen LogP contribution is -2.20. The molecule has 1 unspecified atom stereocenters. The van der Waals surface area contributed by atoms with Crippen molar-refractivity contribution in [3.63, 3.8) is 0 Å². The lowest BCUT2D eigenvalue weighted by atomic mass is 10.2. The molecule has 1 aliphatic carbocycles. The van der Waals surface area contributed by atoms with E-state index in [2.05, 4.69) is 23.5 Å². The molecule has 0 bridgehead atoms. The van der Waals surface area contributed by atoms with Gasteiger partial charge in [0.05, 0.1) is 6.20 Å². The lowest BCUT2D eigenvalue weighted by Gasteiger charge is -2.10. The SMILES string of the molecule is CC(NCC1CC1)c1cnn(C)c1. The van der Waals surface area contributed by atoms with Gasteiger partial charge in [0.2, 0.25) is 0 Å². The first-order chi connectivity index (χ1) is 6.25. The Hall–Kier alpha value is -0.830. The Balaban J connectivity index is 1.84. The van der Waals surface area contributed by atoms with E-state index in [0.717, 1.165) is 12.5 Å². The molecule has 0 aromatic carbocycles. The Labute approximate surface area is 79.1 Å². The topological polar surface area (TPSA) is 29.9 Å². The Kier molecular flexibility index (Phi) is 2.36. The van der Waals surface area contributed by atoms with Crippen molar-refractivity contribution >= 4 is 0 Å². The van der Waals surface area contributed by atoms with Crippen molar-refractivity contribution in [2.24, 2.45) is 13.0 Å². The fourth-order valence-corrected chi connectivity index (χ4v) is 1.45. The van der Waals surface area contributed by atoms with Crippen molar-refractivity contribution in [1.82, 2.24) is 15.1 Å². The second-order valence-electron chi connectivity index (χ2n) is 4.02. The minimum absolute atomic E-state index is 0.439. The second kappa shape index (κ2) is 3.50. The van der Waals surface area contributed by atoms with Crippen molar-refractivity contribution in [2.45, 2.75) is 25.8 Å². The summed E-state index contributed by atoms with van der Waals surface area (Å²) >= 11 is 0. The molecule has 1 aliphatic rings. The highest BCUT2D eigenvalue weighted by molar-refractivity contribution is 5.08. The highest BCUT2D eigenvalue weighted by Crippen LogP contribution is 2.28. The number of hydrogen-bond donors (Lipinski definition) is 1. The van der Waals surface area contributed by atoms with Gasteiger partial charge in [-0.2, -0.15) is 5.10 Å². The second-order valence-corrected chi connectivity index (χ2v) is 4.02. The summed E-state index contributed by atoms with van der Waals surface area (Å²) in [6, 6.07) is 0.439. The van der Waals surface area contributed by atoms with Crippen LogP contribution in [0.1, 0.15) is 31.4 Å². The molecule has 1 fully saturated rings. The van der Waals surface area contributed by atoms with E-state index in [9.17, 15) is 0 Å². The molecule has 0 saturated heterocycles. The predicted molar refractivity (Wildman–Crippen MR) is 52.3 cm³/mol. The molecule has 1 atom stereocenters. The Morgan fingerprint density at radius 1 is 1.69 bits per heavy atom. The molecule has 0 amide bonds. The van der Waals surface area contributed by atoms with Gasteiger partial charge in [-0.25, -0.2) is 0 Å². The lowest BCUT2D eigenvalue weighted by molar-refractivity contribution is 0.548. The summed E-state index contributed by atoms with van der Waals surface area (Å²) in [5.74, 6) is 0.944. The molecule has 1 aromatic rings. The molecule has 0 spiro atoms. The largest absolute Gasteiger partial charge is 0.310 e. The van der Waals surface area contributed by atoms with Crippen LogP contribution in [0.2, 0.25) is 0 Å². The van der Waals surface area contributed by atoms with E-state index in [1.165, 1.54) is 18.4 Å². The van der Waals surface area contributed by atoms with Crippen LogP contribution in [0.15, 0.2) is 12.4 Å². The van der Waals surface area contributed by atoms with Gasteiger partial charge in [-0.05, 0) is 32.2 Å². The Morgan fingerprint density at radius 3 is 3.00 bits per heavy atom. The molecule has 1 saturated carbocycles. The van der Waals surface area contributed by atoms with Crippen LogP contribution in [0.3, 0.4) is 0 Å². The summed E-state index contributed by atoms with van der Waals surface area (Å²) in [6.07, 6.45) is 6.83. The quantitative estimate of drug-likeness (QED) is 0.758. The van der Waals surface area contributed by atoms with Crippen molar-refractivity contribution in [3.05, 3.63) is 18.0 Å². The molecule has 1 N–H and O–H groups in total. The van der Waals surface area contributed by atoms with E-state index in [1.807, 2.05) is 17.9 Å². The maximum Gasteiger partial charge on any atom is 0.0537 e. The van der Waals surface area contributed by atoms with E-state index < -0.39 is 0 Å². The minimum Gasteiger partial charge on any atom is -0.310 e. The van der Waals surface area contributed by atoms with Crippen molar-refractivity contribution in [2.75, 3.05) is 6.54 Å². The van der Waals surface area contributed by atoms with E-state index in [-0.39, 0.29) is 0 Å². The molecule has 0 radical (unpaired) electrons. The maximum atomic E-state index is 4.16. The number of nitrogens with zero attached hydrogens (tertiary/aromatic N) is 2. The Bertz CT molecular complexity index is 275. The van der Waals surface area contributed by atoms with Gasteiger partial charge >= 0.3 is 0 Å². The van der Waals surface area contributed by atoms with Crippen LogP contribution >= 0.6 is 0 Å². The zero-order valence-corrected chi connectivity index (χ0v) is 8.33. The molecule has 3 nitrogen and oxygen atoms in total. The molecular formula is C10H17N3. The van der Waals surface area contributed by atoms with Crippen LogP contribution in [0, 0.1) is 5.92 Å². The standard InChI is InChI=1S/C10H17N3/c1-8(11-5-9-3-4-9)10-6-12-13(2)7-10/h6-9,11H,3-5H2,1-2H3. The highest BCUT2D eigenvalue weighted by atomic mass is 15.2. The summed E-state index contributed by atoms with van der Waals surface area (Å²) in [5.41, 5.74) is 1.28. The predicted octanol–water partition coefficient (Wildman–Crippen LogP) is 1.48. The third-order valence-corrected chi connectivity index (χ3v) is 2.63. The number of aryl methyl sites for hydroxylation is 1. The van der Waals surface area contributed by atoms with Crippen LogP contribution in [-0.2, 0) is 7.05 Å². The van der Waals surface area contributed by atoms with Gasteiger partial charge in [0.1, 0.15) is 0 Å². The fraction of sp³-hybridized carbons (Fsp3) is 0.700. The maximum absolute atomic E-state index is 4.16. The van der Waals surface area contributed by atoms with Crippen molar-refractivity contribution in [3.8, 4) is 0 Å². The zero-order chi connectivity index (χ0) is 9.26. The van der Waals surface area contributed by atoms with Crippen LogP contribution in [0.25, 0.3) is 0 Å². The number of nitrogens with one attached hydrogen (secondary N) is 1. The van der Waals surface area contributed by atoms with Gasteiger partial charge in [0, 0.05) is 24.8 Å². The smallest absolute Gasteiger partial charge is 0.0537 e. The van der Waals surface area contributed by atoms with Crippen molar-refractivity contribution < 1.29 is 0 Å². The molecule has 13 heavy (non-hydrogen) atoms. The molecule has 1 heterocycles. The van der Waals surface area contributed by atoms with Crippen LogP contribution in [0.4, 0.5) is 0 Å². The average molecular weight is 179 g/mol. The number of hydrogen-bond acceptors (Lipinski definition) is 2. The van der Waals surface area contributed by atoms with E-state index in [1.54, 1.807) is 0 Å². The van der Waals surface area contributed by atoms with Gasteiger partial charge in [-0.3, -0.25) is 4.68 Å². The Morgan fingerprint density at radius 2 is 2.46 bits per heavy atom. The monoisotopic (exact) mass is 179 g/mol. The summed E-state index contributed by atoms with van der Waals surface area (Å²) in [6.45, 7) is 3.36. The van der Waals surface area contributed by atoms with Gasteiger partial charge in [0.15, 0.2) is 0 Å². The molecule has 1 aromatic heterocycles. The van der Waals surface area contributed by atoms with Gasteiger partial charge in [-0.1, -0.05) is 0 Å². The molecule has 72 valence electrons. The van der Waals surface area contributed by atoms with Crippen molar-refractivity contribution in [1.29, 1.82) is 0 Å². The number of rotatable bonds is 4. The van der Waals surface area contributed by atoms with E-state index >= 15 is 0 Å². The summed E-state index contributed by atoms with van der Waals surface area (Å²) in [5, 5.41) is 7.68. The normalized spacial score (nSPS) is 18.9. The zero-order valence-electron chi connectivity index (χ0n) is 8.33.